The first kappa shape index (κ1) is 15.4. The number of carbonyl (C=O) groups is 2. The summed E-state index contributed by atoms with van der Waals surface area (Å²) in [6, 6.07) is 9.35. The Morgan fingerprint density at radius 2 is 1.90 bits per heavy atom. The highest BCUT2D eigenvalue weighted by molar-refractivity contribution is 7.12. The Hall–Kier alpha value is -2.01. The Morgan fingerprint density at radius 3 is 2.52 bits per heavy atom. The highest BCUT2D eigenvalue weighted by Gasteiger charge is 2.13. The van der Waals surface area contributed by atoms with Crippen LogP contribution in [0, 0.1) is 5.82 Å². The number of carbonyl (C=O) groups excluding carboxylic acids is 2. The van der Waals surface area contributed by atoms with Crippen molar-refractivity contribution in [1.29, 1.82) is 0 Å². The van der Waals surface area contributed by atoms with Crippen LogP contribution in [0.4, 0.5) is 4.39 Å². The SMILES string of the molecule is CC(NC(=O)CCC(=O)c1cccs1)c1ccc(F)cc1. The van der Waals surface area contributed by atoms with Gasteiger partial charge in [0, 0.05) is 12.8 Å². The molecule has 5 heteroatoms. The summed E-state index contributed by atoms with van der Waals surface area (Å²) in [6.07, 6.45) is 0.352. The number of thiophene rings is 1. The maximum Gasteiger partial charge on any atom is 0.220 e. The van der Waals surface area contributed by atoms with Crippen molar-refractivity contribution in [3.8, 4) is 0 Å². The smallest absolute Gasteiger partial charge is 0.220 e. The van der Waals surface area contributed by atoms with E-state index in [1.54, 1.807) is 18.2 Å². The van der Waals surface area contributed by atoms with Crippen LogP contribution in [0.3, 0.4) is 0 Å². The van der Waals surface area contributed by atoms with E-state index in [-0.39, 0.29) is 36.4 Å². The van der Waals surface area contributed by atoms with Crippen molar-refractivity contribution in [2.45, 2.75) is 25.8 Å². The van der Waals surface area contributed by atoms with E-state index in [0.29, 0.717) is 4.88 Å². The zero-order valence-corrected chi connectivity index (χ0v) is 12.5. The van der Waals surface area contributed by atoms with Gasteiger partial charge in [-0.15, -0.1) is 11.3 Å². The highest BCUT2D eigenvalue weighted by atomic mass is 32.1. The third-order valence-corrected chi connectivity index (χ3v) is 4.03. The van der Waals surface area contributed by atoms with Crippen molar-refractivity contribution in [2.24, 2.45) is 0 Å². The quantitative estimate of drug-likeness (QED) is 0.827. The number of rotatable bonds is 6. The van der Waals surface area contributed by atoms with Crippen LogP contribution in [0.2, 0.25) is 0 Å². The van der Waals surface area contributed by atoms with Crippen LogP contribution in [-0.4, -0.2) is 11.7 Å². The molecule has 0 bridgehead atoms. The normalized spacial score (nSPS) is 11.9. The van der Waals surface area contributed by atoms with Gasteiger partial charge in [-0.2, -0.15) is 0 Å². The lowest BCUT2D eigenvalue weighted by molar-refractivity contribution is -0.121. The van der Waals surface area contributed by atoms with Crippen molar-refractivity contribution in [3.05, 3.63) is 58.0 Å². The fourth-order valence-corrected chi connectivity index (χ4v) is 2.63. The Bertz CT molecular complexity index is 608. The average molecular weight is 305 g/mol. The van der Waals surface area contributed by atoms with Crippen molar-refractivity contribution in [2.75, 3.05) is 0 Å². The first-order valence-corrected chi connectivity index (χ1v) is 7.56. The summed E-state index contributed by atoms with van der Waals surface area (Å²) in [4.78, 5) is 24.3. The van der Waals surface area contributed by atoms with Crippen LogP contribution >= 0.6 is 11.3 Å². The zero-order chi connectivity index (χ0) is 15.2. The third kappa shape index (κ3) is 4.49. The number of halogens is 1. The molecule has 110 valence electrons. The summed E-state index contributed by atoms with van der Waals surface area (Å²) in [5, 5.41) is 4.64. The lowest BCUT2D eigenvalue weighted by Crippen LogP contribution is -2.26. The lowest BCUT2D eigenvalue weighted by atomic mass is 10.1. The van der Waals surface area contributed by atoms with E-state index in [2.05, 4.69) is 5.32 Å². The molecule has 1 aromatic heterocycles. The van der Waals surface area contributed by atoms with Crippen LogP contribution in [0.1, 0.15) is 41.0 Å². The van der Waals surface area contributed by atoms with Gasteiger partial charge < -0.3 is 5.32 Å². The maximum absolute atomic E-state index is 12.8. The van der Waals surface area contributed by atoms with E-state index in [4.69, 9.17) is 0 Å². The van der Waals surface area contributed by atoms with Gasteiger partial charge in [0.1, 0.15) is 5.82 Å². The summed E-state index contributed by atoms with van der Waals surface area (Å²) in [6.45, 7) is 1.83. The molecule has 1 N–H and O–H groups in total. The van der Waals surface area contributed by atoms with Gasteiger partial charge in [0.2, 0.25) is 5.91 Å². The summed E-state index contributed by atoms with van der Waals surface area (Å²) < 4.78 is 12.8. The molecule has 3 nitrogen and oxygen atoms in total. The Balaban J connectivity index is 1.81. The second-order valence-corrected chi connectivity index (χ2v) is 5.69. The number of hydrogen-bond donors (Lipinski definition) is 1. The molecule has 1 heterocycles. The molecule has 2 rings (SSSR count). The Kier molecular flexibility index (Phi) is 5.22. The van der Waals surface area contributed by atoms with Crippen LogP contribution < -0.4 is 5.32 Å². The molecule has 21 heavy (non-hydrogen) atoms. The van der Waals surface area contributed by atoms with E-state index in [9.17, 15) is 14.0 Å². The lowest BCUT2D eigenvalue weighted by Gasteiger charge is -2.14. The first-order chi connectivity index (χ1) is 10.1. The molecule has 0 aliphatic rings. The Labute approximate surface area is 126 Å². The number of nitrogens with one attached hydrogen (secondary N) is 1. The van der Waals surface area contributed by atoms with Crippen molar-refractivity contribution in [3.63, 3.8) is 0 Å². The number of benzene rings is 1. The fraction of sp³-hybridized carbons (Fsp3) is 0.250. The van der Waals surface area contributed by atoms with E-state index in [1.807, 2.05) is 18.4 Å². The molecule has 0 fully saturated rings. The Morgan fingerprint density at radius 1 is 1.19 bits per heavy atom. The van der Waals surface area contributed by atoms with Gasteiger partial charge in [-0.1, -0.05) is 18.2 Å². The van der Waals surface area contributed by atoms with Gasteiger partial charge in [-0.25, -0.2) is 4.39 Å². The third-order valence-electron chi connectivity index (χ3n) is 3.12. The first-order valence-electron chi connectivity index (χ1n) is 6.68. The second-order valence-electron chi connectivity index (χ2n) is 4.74. The molecule has 0 saturated carbocycles. The minimum Gasteiger partial charge on any atom is -0.350 e. The molecule has 0 aliphatic carbocycles. The summed E-state index contributed by atoms with van der Waals surface area (Å²) in [5.74, 6) is -0.509. The second kappa shape index (κ2) is 7.13. The molecule has 0 saturated heterocycles. The van der Waals surface area contributed by atoms with E-state index in [0.717, 1.165) is 5.56 Å². The summed E-state index contributed by atoms with van der Waals surface area (Å²) in [7, 11) is 0. The van der Waals surface area contributed by atoms with E-state index in [1.165, 1.54) is 23.5 Å². The predicted molar refractivity (Wildman–Crippen MR) is 80.8 cm³/mol. The van der Waals surface area contributed by atoms with Crippen molar-refractivity contribution < 1.29 is 14.0 Å². The molecular formula is C16H16FNO2S. The van der Waals surface area contributed by atoms with Gasteiger partial charge in [-0.3, -0.25) is 9.59 Å². The van der Waals surface area contributed by atoms with Gasteiger partial charge >= 0.3 is 0 Å². The topological polar surface area (TPSA) is 46.2 Å². The highest BCUT2D eigenvalue weighted by Crippen LogP contribution is 2.15. The largest absolute Gasteiger partial charge is 0.350 e. The zero-order valence-electron chi connectivity index (χ0n) is 11.6. The summed E-state index contributed by atoms with van der Waals surface area (Å²) >= 11 is 1.38. The number of ketones is 1. The molecule has 1 aromatic carbocycles. The number of Topliss-reactive ketones (excluding diaryl/α,β-unsaturated/α-hetero) is 1. The molecule has 1 amide bonds. The standard InChI is InChI=1S/C16H16FNO2S/c1-11(12-4-6-13(17)7-5-12)18-16(20)9-8-14(19)15-3-2-10-21-15/h2-7,10-11H,8-9H2,1H3,(H,18,20). The minimum atomic E-state index is -0.307. The van der Waals surface area contributed by atoms with Crippen molar-refractivity contribution >= 4 is 23.0 Å². The molecule has 0 aliphatic heterocycles. The van der Waals surface area contributed by atoms with E-state index < -0.39 is 0 Å². The van der Waals surface area contributed by atoms with Gasteiger partial charge in [-0.05, 0) is 36.1 Å². The van der Waals surface area contributed by atoms with Crippen LogP contribution in [0.15, 0.2) is 41.8 Å². The fourth-order valence-electron chi connectivity index (χ4n) is 1.94. The molecular weight excluding hydrogens is 289 g/mol. The molecule has 2 aromatic rings. The van der Waals surface area contributed by atoms with Crippen LogP contribution in [0.5, 0.6) is 0 Å². The van der Waals surface area contributed by atoms with Crippen LogP contribution in [-0.2, 0) is 4.79 Å². The molecule has 0 spiro atoms. The molecule has 0 radical (unpaired) electrons. The van der Waals surface area contributed by atoms with Gasteiger partial charge in [0.25, 0.3) is 0 Å². The van der Waals surface area contributed by atoms with Crippen LogP contribution in [0.25, 0.3) is 0 Å². The average Bonchev–Trinajstić information content (AvgIpc) is 2.99. The van der Waals surface area contributed by atoms with E-state index >= 15 is 0 Å². The van der Waals surface area contributed by atoms with Gasteiger partial charge in [0.05, 0.1) is 10.9 Å². The maximum atomic E-state index is 12.8. The summed E-state index contributed by atoms with van der Waals surface area (Å²) in [5.41, 5.74) is 0.828. The minimum absolute atomic E-state index is 0.0189. The number of hydrogen-bond acceptors (Lipinski definition) is 3. The molecule has 1 atom stereocenters. The monoisotopic (exact) mass is 305 g/mol. The van der Waals surface area contributed by atoms with Crippen molar-refractivity contribution in [1.82, 2.24) is 5.32 Å². The predicted octanol–water partition coefficient (Wildman–Crippen LogP) is 3.73. The molecule has 1 unspecified atom stereocenters. The number of amides is 1. The van der Waals surface area contributed by atoms with Gasteiger partial charge in [0.15, 0.2) is 5.78 Å².